The summed E-state index contributed by atoms with van der Waals surface area (Å²) in [6.45, 7) is 5.75. The van der Waals surface area contributed by atoms with E-state index in [-0.39, 0.29) is 6.03 Å². The number of rotatable bonds is 3. The molecule has 0 spiro atoms. The van der Waals surface area contributed by atoms with Crippen LogP contribution in [0.2, 0.25) is 0 Å². The van der Waals surface area contributed by atoms with Gasteiger partial charge in [-0.2, -0.15) is 4.98 Å². The minimum absolute atomic E-state index is 0.139. The SMILES string of the molecule is CCNC(=O)N1CCc2c(C3=CNC(N)N=C3)nc(N3CCOCC3)nc21. The first-order valence-corrected chi connectivity index (χ1v) is 9.21. The summed E-state index contributed by atoms with van der Waals surface area (Å²) in [5.74, 6) is 1.27. The second kappa shape index (κ2) is 7.49. The molecular formula is C17H24N8O2. The van der Waals surface area contributed by atoms with Crippen molar-refractivity contribution in [3.05, 3.63) is 17.5 Å². The van der Waals surface area contributed by atoms with Gasteiger partial charge in [0.1, 0.15) is 5.82 Å². The highest BCUT2D eigenvalue weighted by Gasteiger charge is 2.32. The molecule has 3 aliphatic rings. The van der Waals surface area contributed by atoms with Crippen molar-refractivity contribution in [1.29, 1.82) is 0 Å². The third-order valence-electron chi connectivity index (χ3n) is 4.74. The van der Waals surface area contributed by atoms with Crippen LogP contribution in [0.25, 0.3) is 5.57 Å². The van der Waals surface area contributed by atoms with Gasteiger partial charge in [0.15, 0.2) is 6.29 Å². The largest absolute Gasteiger partial charge is 0.378 e. The van der Waals surface area contributed by atoms with E-state index in [1.807, 2.05) is 13.1 Å². The molecule has 144 valence electrons. The van der Waals surface area contributed by atoms with E-state index in [0.29, 0.717) is 44.5 Å². The lowest BCUT2D eigenvalue weighted by Gasteiger charge is -2.28. The summed E-state index contributed by atoms with van der Waals surface area (Å²) in [5, 5.41) is 5.86. The van der Waals surface area contributed by atoms with Crippen molar-refractivity contribution >= 4 is 29.6 Å². The van der Waals surface area contributed by atoms with Crippen LogP contribution in [0.3, 0.4) is 0 Å². The number of aliphatic imine (C=N–C) groups is 1. The molecule has 0 aliphatic carbocycles. The molecule has 3 aliphatic heterocycles. The van der Waals surface area contributed by atoms with Gasteiger partial charge in [0.25, 0.3) is 0 Å². The molecule has 4 heterocycles. The Morgan fingerprint density at radius 1 is 1.37 bits per heavy atom. The van der Waals surface area contributed by atoms with Crippen molar-refractivity contribution < 1.29 is 9.53 Å². The molecule has 1 saturated heterocycles. The normalized spacial score (nSPS) is 21.6. The lowest BCUT2D eigenvalue weighted by molar-refractivity contribution is 0.122. The van der Waals surface area contributed by atoms with E-state index in [1.165, 1.54) is 0 Å². The molecule has 0 radical (unpaired) electrons. The second-order valence-corrected chi connectivity index (χ2v) is 6.50. The molecule has 2 amide bonds. The first kappa shape index (κ1) is 17.7. The fourth-order valence-corrected chi connectivity index (χ4v) is 3.38. The van der Waals surface area contributed by atoms with Crippen LogP contribution in [-0.2, 0) is 11.2 Å². The Balaban J connectivity index is 1.76. The number of carbonyl (C=O) groups is 1. The van der Waals surface area contributed by atoms with Gasteiger partial charge in [0, 0.05) is 49.7 Å². The topological polar surface area (TPSA) is 121 Å². The van der Waals surface area contributed by atoms with Gasteiger partial charge in [0.05, 0.1) is 18.9 Å². The van der Waals surface area contributed by atoms with Crippen LogP contribution in [0, 0.1) is 0 Å². The van der Waals surface area contributed by atoms with Gasteiger partial charge in [-0.05, 0) is 13.3 Å². The van der Waals surface area contributed by atoms with Crippen molar-refractivity contribution in [3.8, 4) is 0 Å². The Morgan fingerprint density at radius 2 is 2.19 bits per heavy atom. The van der Waals surface area contributed by atoms with Gasteiger partial charge in [-0.15, -0.1) is 0 Å². The Hall–Kier alpha value is -2.72. The molecular weight excluding hydrogens is 348 g/mol. The zero-order valence-electron chi connectivity index (χ0n) is 15.3. The Kier molecular flexibility index (Phi) is 4.90. The van der Waals surface area contributed by atoms with Gasteiger partial charge < -0.3 is 20.3 Å². The van der Waals surface area contributed by atoms with Crippen LogP contribution in [0.5, 0.6) is 0 Å². The molecule has 0 saturated carbocycles. The van der Waals surface area contributed by atoms with E-state index in [0.717, 1.165) is 29.9 Å². The maximum Gasteiger partial charge on any atom is 0.323 e. The number of morpholine rings is 1. The molecule has 0 aromatic carbocycles. The number of amides is 2. The smallest absolute Gasteiger partial charge is 0.323 e. The quantitative estimate of drug-likeness (QED) is 0.664. The highest BCUT2D eigenvalue weighted by molar-refractivity contribution is 6.11. The third-order valence-corrected chi connectivity index (χ3v) is 4.74. The summed E-state index contributed by atoms with van der Waals surface area (Å²) >= 11 is 0. The maximum absolute atomic E-state index is 12.5. The van der Waals surface area contributed by atoms with E-state index in [4.69, 9.17) is 20.4 Å². The standard InChI is InChI=1S/C17H24N8O2/c1-2-19-17(26)25-4-3-12-13(11-9-20-15(18)21-10-11)22-16(23-14(12)25)24-5-7-27-8-6-24/h9-10,15,20H,2-8,18H2,1H3,(H,19,26). The van der Waals surface area contributed by atoms with Gasteiger partial charge in [0.2, 0.25) is 5.95 Å². The van der Waals surface area contributed by atoms with Crippen LogP contribution >= 0.6 is 0 Å². The van der Waals surface area contributed by atoms with E-state index < -0.39 is 6.29 Å². The molecule has 1 fully saturated rings. The molecule has 27 heavy (non-hydrogen) atoms. The summed E-state index contributed by atoms with van der Waals surface area (Å²) in [6, 6.07) is -0.139. The minimum Gasteiger partial charge on any atom is -0.378 e. The first-order valence-electron chi connectivity index (χ1n) is 9.21. The summed E-state index contributed by atoms with van der Waals surface area (Å²) in [5.41, 5.74) is 8.34. The highest BCUT2D eigenvalue weighted by Crippen LogP contribution is 2.33. The van der Waals surface area contributed by atoms with E-state index in [2.05, 4.69) is 20.5 Å². The van der Waals surface area contributed by atoms with Crippen molar-refractivity contribution in [2.45, 2.75) is 19.6 Å². The lowest BCUT2D eigenvalue weighted by Crippen LogP contribution is -2.40. The van der Waals surface area contributed by atoms with E-state index in [9.17, 15) is 4.79 Å². The second-order valence-electron chi connectivity index (χ2n) is 6.50. The Bertz CT molecular complexity index is 787. The molecule has 1 atom stereocenters. The van der Waals surface area contributed by atoms with Crippen molar-refractivity contribution in [3.63, 3.8) is 0 Å². The minimum atomic E-state index is -0.450. The van der Waals surface area contributed by atoms with Gasteiger partial charge in [-0.1, -0.05) is 0 Å². The predicted molar refractivity (Wildman–Crippen MR) is 103 cm³/mol. The summed E-state index contributed by atoms with van der Waals surface area (Å²) in [6.07, 6.45) is 3.79. The molecule has 1 aromatic rings. The number of nitrogens with zero attached hydrogens (tertiary/aromatic N) is 5. The zero-order valence-corrected chi connectivity index (χ0v) is 15.3. The number of nitrogens with two attached hydrogens (primary N) is 1. The molecule has 1 aromatic heterocycles. The van der Waals surface area contributed by atoms with Crippen LogP contribution in [0.15, 0.2) is 11.2 Å². The lowest BCUT2D eigenvalue weighted by atomic mass is 10.1. The first-order chi connectivity index (χ1) is 13.2. The number of hydrogen-bond donors (Lipinski definition) is 3. The number of fused-ring (bicyclic) bond motifs is 1. The summed E-state index contributed by atoms with van der Waals surface area (Å²) in [4.78, 5) is 30.0. The van der Waals surface area contributed by atoms with E-state index >= 15 is 0 Å². The molecule has 1 unspecified atom stereocenters. The average Bonchev–Trinajstić information content (AvgIpc) is 3.13. The van der Waals surface area contributed by atoms with Gasteiger partial charge in [-0.25, -0.2) is 9.78 Å². The van der Waals surface area contributed by atoms with Crippen LogP contribution in [0.4, 0.5) is 16.6 Å². The predicted octanol–water partition coefficient (Wildman–Crippen LogP) is -0.338. The number of ether oxygens (including phenoxy) is 1. The van der Waals surface area contributed by atoms with Crippen LogP contribution < -0.4 is 26.2 Å². The molecule has 0 bridgehead atoms. The number of allylic oxidation sites excluding steroid dienone is 1. The number of urea groups is 1. The molecule has 4 rings (SSSR count). The van der Waals surface area contributed by atoms with Crippen molar-refractivity contribution in [2.24, 2.45) is 10.7 Å². The number of carbonyl (C=O) groups excluding carboxylic acids is 1. The Labute approximate surface area is 157 Å². The maximum atomic E-state index is 12.5. The molecule has 4 N–H and O–H groups in total. The van der Waals surface area contributed by atoms with Crippen molar-refractivity contribution in [2.75, 3.05) is 49.2 Å². The fraction of sp³-hybridized carbons (Fsp3) is 0.529. The number of anilines is 2. The fourth-order valence-electron chi connectivity index (χ4n) is 3.38. The monoisotopic (exact) mass is 372 g/mol. The Morgan fingerprint density at radius 3 is 2.89 bits per heavy atom. The molecule has 10 heteroatoms. The zero-order chi connectivity index (χ0) is 18.8. The number of aromatic nitrogens is 2. The van der Waals surface area contributed by atoms with Gasteiger partial charge >= 0.3 is 6.03 Å². The number of hydrogen-bond acceptors (Lipinski definition) is 8. The third kappa shape index (κ3) is 3.45. The molecule has 10 nitrogen and oxygen atoms in total. The average molecular weight is 372 g/mol. The van der Waals surface area contributed by atoms with Crippen molar-refractivity contribution in [1.82, 2.24) is 20.6 Å². The highest BCUT2D eigenvalue weighted by atomic mass is 16.5. The summed E-state index contributed by atoms with van der Waals surface area (Å²) in [7, 11) is 0. The van der Waals surface area contributed by atoms with E-state index in [1.54, 1.807) is 11.1 Å². The van der Waals surface area contributed by atoms with Gasteiger partial charge in [-0.3, -0.25) is 15.6 Å². The van der Waals surface area contributed by atoms with Crippen LogP contribution in [0.1, 0.15) is 18.2 Å². The van der Waals surface area contributed by atoms with Crippen LogP contribution in [-0.4, -0.2) is 67.9 Å². The summed E-state index contributed by atoms with van der Waals surface area (Å²) < 4.78 is 5.44. The number of nitrogens with one attached hydrogen (secondary N) is 2.